The first-order valence-corrected chi connectivity index (χ1v) is 12.5. The minimum Gasteiger partial charge on any atom is -0.374 e. The Kier molecular flexibility index (Phi) is 6.15. The molecule has 0 aromatic heterocycles. The summed E-state index contributed by atoms with van der Waals surface area (Å²) in [5, 5.41) is 6.90. The van der Waals surface area contributed by atoms with Crippen LogP contribution >= 0.6 is 23.2 Å². The van der Waals surface area contributed by atoms with Crippen LogP contribution in [-0.4, -0.2) is 41.6 Å². The average molecular weight is 504 g/mol. The molecular weight excluding hydrogens is 484 g/mol. The number of hydrogen-bond donors (Lipinski definition) is 1. The number of carbonyl (C=O) groups excluding carboxylic acids is 1. The molecule has 2 aliphatic rings. The Morgan fingerprint density at radius 2 is 1.84 bits per heavy atom. The van der Waals surface area contributed by atoms with Crippen LogP contribution in [0.3, 0.4) is 0 Å². The molecule has 0 aliphatic carbocycles. The molecular formula is C22H20Cl2F3N2O2S+. The van der Waals surface area contributed by atoms with Gasteiger partial charge in [-0.15, -0.1) is 0 Å². The van der Waals surface area contributed by atoms with Gasteiger partial charge in [0.2, 0.25) is 0 Å². The molecule has 1 amide bonds. The maximum atomic E-state index is 14.2. The highest BCUT2D eigenvalue weighted by molar-refractivity contribution is 7.97. The fourth-order valence-electron chi connectivity index (χ4n) is 3.93. The minimum atomic E-state index is -4.76. The SMILES string of the molecule is Cc1cc(C2=NOC(c3cc(Cl)cc(Cl)c3)(C(F)(F)F)C2)ccc1C(=O)NC1C[S+](C)C1. The second kappa shape index (κ2) is 8.47. The first-order valence-electron chi connectivity index (χ1n) is 9.78. The van der Waals surface area contributed by atoms with Crippen molar-refractivity contribution in [1.29, 1.82) is 0 Å². The molecule has 0 bridgehead atoms. The fraction of sp³-hybridized carbons (Fsp3) is 0.364. The molecule has 1 N–H and O–H groups in total. The number of benzene rings is 2. The van der Waals surface area contributed by atoms with Crippen molar-refractivity contribution in [1.82, 2.24) is 5.32 Å². The van der Waals surface area contributed by atoms with Gasteiger partial charge in [0.1, 0.15) is 17.5 Å². The van der Waals surface area contributed by atoms with Crippen LogP contribution in [-0.2, 0) is 21.3 Å². The van der Waals surface area contributed by atoms with E-state index in [1.165, 1.54) is 18.2 Å². The van der Waals surface area contributed by atoms with Gasteiger partial charge in [-0.25, -0.2) is 0 Å². The van der Waals surface area contributed by atoms with Crippen LogP contribution in [0.5, 0.6) is 0 Å². The topological polar surface area (TPSA) is 50.7 Å². The number of rotatable bonds is 4. The first-order chi connectivity index (χ1) is 15.0. The maximum Gasteiger partial charge on any atom is 0.435 e. The zero-order valence-electron chi connectivity index (χ0n) is 17.2. The van der Waals surface area contributed by atoms with E-state index in [1.54, 1.807) is 25.1 Å². The molecule has 1 saturated heterocycles. The number of carbonyl (C=O) groups is 1. The number of oxime groups is 1. The highest BCUT2D eigenvalue weighted by atomic mass is 35.5. The Balaban J connectivity index is 1.58. The Labute approximate surface area is 196 Å². The largest absolute Gasteiger partial charge is 0.435 e. The van der Waals surface area contributed by atoms with Crippen molar-refractivity contribution in [3.8, 4) is 0 Å². The summed E-state index contributed by atoms with van der Waals surface area (Å²) in [6.07, 6.45) is -3.15. The van der Waals surface area contributed by atoms with Crippen LogP contribution < -0.4 is 5.32 Å². The molecule has 170 valence electrons. The van der Waals surface area contributed by atoms with E-state index >= 15 is 0 Å². The molecule has 32 heavy (non-hydrogen) atoms. The Morgan fingerprint density at radius 3 is 2.41 bits per heavy atom. The van der Waals surface area contributed by atoms with Gasteiger partial charge in [-0.1, -0.05) is 34.4 Å². The lowest BCUT2D eigenvalue weighted by atomic mass is 9.86. The highest BCUT2D eigenvalue weighted by Crippen LogP contribution is 2.49. The van der Waals surface area contributed by atoms with E-state index < -0.39 is 18.2 Å². The van der Waals surface area contributed by atoms with E-state index in [9.17, 15) is 18.0 Å². The van der Waals surface area contributed by atoms with Gasteiger partial charge in [-0.2, -0.15) is 13.2 Å². The smallest absolute Gasteiger partial charge is 0.374 e. The van der Waals surface area contributed by atoms with Crippen molar-refractivity contribution >= 4 is 45.7 Å². The van der Waals surface area contributed by atoms with Crippen molar-refractivity contribution in [3.63, 3.8) is 0 Å². The summed E-state index contributed by atoms with van der Waals surface area (Å²) in [6.45, 7) is 1.74. The van der Waals surface area contributed by atoms with Crippen LogP contribution in [0.25, 0.3) is 0 Å². The second-order valence-electron chi connectivity index (χ2n) is 8.10. The Morgan fingerprint density at radius 1 is 1.19 bits per heavy atom. The lowest BCUT2D eigenvalue weighted by molar-refractivity contribution is -0.275. The summed E-state index contributed by atoms with van der Waals surface area (Å²) in [5.41, 5.74) is -1.20. The first kappa shape index (κ1) is 23.3. The van der Waals surface area contributed by atoms with Gasteiger partial charge in [-0.3, -0.25) is 4.79 Å². The predicted octanol–water partition coefficient (Wildman–Crippen LogP) is 5.24. The van der Waals surface area contributed by atoms with E-state index in [4.69, 9.17) is 28.0 Å². The van der Waals surface area contributed by atoms with E-state index in [0.29, 0.717) is 27.6 Å². The number of halogens is 5. The predicted molar refractivity (Wildman–Crippen MR) is 122 cm³/mol. The summed E-state index contributed by atoms with van der Waals surface area (Å²) in [4.78, 5) is 17.6. The summed E-state index contributed by atoms with van der Waals surface area (Å²) < 4.78 is 42.5. The van der Waals surface area contributed by atoms with E-state index in [-0.39, 0.29) is 33.3 Å². The Hall–Kier alpha value is -1.90. The van der Waals surface area contributed by atoms with Crippen molar-refractivity contribution in [2.24, 2.45) is 5.16 Å². The van der Waals surface area contributed by atoms with E-state index in [1.807, 2.05) is 0 Å². The zero-order valence-corrected chi connectivity index (χ0v) is 19.6. The summed E-state index contributed by atoms with van der Waals surface area (Å²) >= 11 is 11.9. The molecule has 0 saturated carbocycles. The molecule has 4 nitrogen and oxygen atoms in total. The van der Waals surface area contributed by atoms with Gasteiger partial charge in [0, 0.05) is 27.6 Å². The lowest BCUT2D eigenvalue weighted by Gasteiger charge is -2.29. The van der Waals surface area contributed by atoms with Gasteiger partial charge in [0.05, 0.1) is 12.0 Å². The number of nitrogens with zero attached hydrogens (tertiary/aromatic N) is 1. The van der Waals surface area contributed by atoms with Gasteiger partial charge in [-0.05, 0) is 59.3 Å². The monoisotopic (exact) mass is 503 g/mol. The third kappa shape index (κ3) is 4.32. The van der Waals surface area contributed by atoms with Crippen molar-refractivity contribution < 1.29 is 22.8 Å². The highest BCUT2D eigenvalue weighted by Gasteiger charge is 2.62. The van der Waals surface area contributed by atoms with Crippen LogP contribution in [0.15, 0.2) is 41.6 Å². The molecule has 10 heteroatoms. The maximum absolute atomic E-state index is 14.2. The van der Waals surface area contributed by atoms with Crippen LogP contribution in [0.1, 0.15) is 33.5 Å². The van der Waals surface area contributed by atoms with Gasteiger partial charge < -0.3 is 10.2 Å². The number of alkyl halides is 3. The quantitative estimate of drug-likeness (QED) is 0.579. The number of hydrogen-bond acceptors (Lipinski definition) is 3. The molecule has 1 fully saturated rings. The van der Waals surface area contributed by atoms with E-state index in [0.717, 1.165) is 11.5 Å². The number of amides is 1. The molecule has 2 aromatic carbocycles. The summed E-state index contributed by atoms with van der Waals surface area (Å²) in [6, 6.07) is 8.74. The van der Waals surface area contributed by atoms with Gasteiger partial charge in [0.15, 0.2) is 0 Å². The minimum absolute atomic E-state index is 0.0702. The molecule has 2 heterocycles. The van der Waals surface area contributed by atoms with Gasteiger partial charge >= 0.3 is 6.18 Å². The standard InChI is InChI=1S/C22H19Cl2F3N2O2S/c1-12-5-13(3-4-18(12)20(30)28-17-10-32(2)11-17)19-9-21(31-29-19,22(25,26)27)14-6-15(23)8-16(24)7-14/h3-8,17H,9-11H2,1-2H3/p+1. The summed E-state index contributed by atoms with van der Waals surface area (Å²) in [5.74, 6) is 1.77. The fourth-order valence-corrected chi connectivity index (χ4v) is 5.90. The van der Waals surface area contributed by atoms with Crippen LogP contribution in [0.2, 0.25) is 10.0 Å². The molecule has 1 unspecified atom stereocenters. The van der Waals surface area contributed by atoms with E-state index in [2.05, 4.69) is 16.7 Å². The molecule has 2 aromatic rings. The molecule has 0 radical (unpaired) electrons. The van der Waals surface area contributed by atoms with Crippen molar-refractivity contribution in [3.05, 3.63) is 68.7 Å². The number of nitrogens with one attached hydrogen (secondary N) is 1. The normalized spacial score (nSPS) is 25.0. The van der Waals surface area contributed by atoms with Crippen molar-refractivity contribution in [2.45, 2.75) is 31.2 Å². The second-order valence-corrected chi connectivity index (χ2v) is 11.2. The molecule has 1 atom stereocenters. The molecule has 2 aliphatic heterocycles. The zero-order chi connectivity index (χ0) is 23.3. The number of aryl methyl sites for hydroxylation is 1. The average Bonchev–Trinajstić information content (AvgIpc) is 3.12. The lowest BCUT2D eigenvalue weighted by Crippen LogP contribution is -2.52. The van der Waals surface area contributed by atoms with Crippen LogP contribution in [0, 0.1) is 6.92 Å². The van der Waals surface area contributed by atoms with Crippen LogP contribution in [0.4, 0.5) is 13.2 Å². The Bertz CT molecular complexity index is 1080. The molecule has 0 spiro atoms. The van der Waals surface area contributed by atoms with Crippen molar-refractivity contribution in [2.75, 3.05) is 17.8 Å². The third-order valence-corrected chi connectivity index (χ3v) is 8.00. The molecule has 4 rings (SSSR count). The van der Waals surface area contributed by atoms with Gasteiger partial charge in [0.25, 0.3) is 11.5 Å². The third-order valence-electron chi connectivity index (χ3n) is 5.63. The summed E-state index contributed by atoms with van der Waals surface area (Å²) in [7, 11) is 0.358.